The molecular formula is C19H29N5O. The zero-order valence-corrected chi connectivity index (χ0v) is 15.3. The molecule has 1 N–H and O–H groups in total. The van der Waals surface area contributed by atoms with Gasteiger partial charge in [-0.3, -0.25) is 9.58 Å². The summed E-state index contributed by atoms with van der Waals surface area (Å²) in [5.74, 6) is 0.916. The lowest BCUT2D eigenvalue weighted by atomic mass is 10.2. The number of nitrogens with one attached hydrogen (secondary N) is 1. The fraction of sp³-hybridized carbons (Fsp3) is 0.526. The normalized spacial score (nSPS) is 16.1. The zero-order valence-electron chi connectivity index (χ0n) is 15.3. The second-order valence-corrected chi connectivity index (χ2v) is 6.55. The Labute approximate surface area is 150 Å². The maximum absolute atomic E-state index is 6.04. The topological polar surface area (TPSA) is 45.6 Å². The van der Waals surface area contributed by atoms with Crippen molar-refractivity contribution in [3.63, 3.8) is 0 Å². The van der Waals surface area contributed by atoms with Gasteiger partial charge in [0.05, 0.1) is 11.9 Å². The van der Waals surface area contributed by atoms with E-state index < -0.39 is 0 Å². The first kappa shape index (κ1) is 17.8. The Bertz CT molecular complexity index is 649. The average Bonchev–Trinajstić information content (AvgIpc) is 3.11. The number of aromatic nitrogens is 2. The molecule has 3 rings (SSSR count). The third kappa shape index (κ3) is 5.21. The number of nitrogens with zero attached hydrogens (tertiary/aromatic N) is 4. The van der Waals surface area contributed by atoms with Crippen LogP contribution >= 0.6 is 0 Å². The quantitative estimate of drug-likeness (QED) is 0.796. The average molecular weight is 343 g/mol. The van der Waals surface area contributed by atoms with Crippen molar-refractivity contribution < 1.29 is 4.74 Å². The molecule has 2 heterocycles. The van der Waals surface area contributed by atoms with E-state index in [0.29, 0.717) is 0 Å². The second kappa shape index (κ2) is 8.87. The molecule has 0 radical (unpaired) electrons. The van der Waals surface area contributed by atoms with Gasteiger partial charge in [-0.25, -0.2) is 0 Å². The molecule has 0 amide bonds. The van der Waals surface area contributed by atoms with Gasteiger partial charge < -0.3 is 15.0 Å². The number of hydrogen-bond acceptors (Lipinski definition) is 5. The van der Waals surface area contributed by atoms with Crippen LogP contribution < -0.4 is 10.1 Å². The number of likely N-dealkylation sites (N-methyl/N-ethyl adjacent to an activating group) is 1. The molecule has 0 aliphatic carbocycles. The Kier molecular flexibility index (Phi) is 6.30. The minimum Gasteiger partial charge on any atom is -0.490 e. The number of hydrogen-bond donors (Lipinski definition) is 1. The molecule has 136 valence electrons. The summed E-state index contributed by atoms with van der Waals surface area (Å²) >= 11 is 0. The second-order valence-electron chi connectivity index (χ2n) is 6.55. The van der Waals surface area contributed by atoms with Crippen LogP contribution in [0.2, 0.25) is 0 Å². The van der Waals surface area contributed by atoms with Gasteiger partial charge in [-0.1, -0.05) is 12.1 Å². The summed E-state index contributed by atoms with van der Waals surface area (Å²) in [4.78, 5) is 4.84. The highest BCUT2D eigenvalue weighted by molar-refractivity contribution is 5.56. The van der Waals surface area contributed by atoms with Crippen molar-refractivity contribution in [2.24, 2.45) is 0 Å². The molecule has 0 spiro atoms. The third-order valence-corrected chi connectivity index (χ3v) is 4.64. The van der Waals surface area contributed by atoms with Gasteiger partial charge in [-0.05, 0) is 26.1 Å². The number of ether oxygens (including phenoxy) is 1. The van der Waals surface area contributed by atoms with Crippen LogP contribution in [0.1, 0.15) is 12.5 Å². The highest BCUT2D eigenvalue weighted by Crippen LogP contribution is 2.24. The molecule has 2 aromatic rings. The smallest absolute Gasteiger partial charge is 0.142 e. The molecule has 1 aliphatic heterocycles. The zero-order chi connectivity index (χ0) is 17.5. The van der Waals surface area contributed by atoms with Gasteiger partial charge in [0.1, 0.15) is 12.4 Å². The van der Waals surface area contributed by atoms with Crippen molar-refractivity contribution in [2.75, 3.05) is 51.7 Å². The van der Waals surface area contributed by atoms with E-state index in [1.807, 2.05) is 29.1 Å². The van der Waals surface area contributed by atoms with E-state index in [0.717, 1.165) is 63.9 Å². The minimum absolute atomic E-state index is 0.718. The molecule has 0 unspecified atom stereocenters. The minimum atomic E-state index is 0.718. The molecule has 1 saturated heterocycles. The van der Waals surface area contributed by atoms with Crippen molar-refractivity contribution in [3.05, 3.63) is 42.2 Å². The van der Waals surface area contributed by atoms with Crippen LogP contribution in [0.5, 0.6) is 5.75 Å². The molecule has 6 nitrogen and oxygen atoms in total. The van der Waals surface area contributed by atoms with Crippen molar-refractivity contribution in [2.45, 2.75) is 20.0 Å². The summed E-state index contributed by atoms with van der Waals surface area (Å²) in [6.45, 7) is 9.97. The van der Waals surface area contributed by atoms with Crippen LogP contribution in [0, 0.1) is 0 Å². The number of anilines is 1. The van der Waals surface area contributed by atoms with E-state index in [4.69, 9.17) is 4.74 Å². The van der Waals surface area contributed by atoms with E-state index >= 15 is 0 Å². The SMILES string of the molecule is CCn1cc(CNc2ccccc2OCCN2CCN(C)CC2)cn1. The molecule has 1 aliphatic rings. The lowest BCUT2D eigenvalue weighted by Gasteiger charge is -2.32. The Morgan fingerprint density at radius 3 is 2.72 bits per heavy atom. The van der Waals surface area contributed by atoms with E-state index in [-0.39, 0.29) is 0 Å². The molecule has 0 atom stereocenters. The Morgan fingerprint density at radius 2 is 1.96 bits per heavy atom. The van der Waals surface area contributed by atoms with E-state index in [1.54, 1.807) is 0 Å². The van der Waals surface area contributed by atoms with Gasteiger partial charge in [0.25, 0.3) is 0 Å². The summed E-state index contributed by atoms with van der Waals surface area (Å²) in [6, 6.07) is 8.15. The number of aryl methyl sites for hydroxylation is 1. The maximum Gasteiger partial charge on any atom is 0.142 e. The van der Waals surface area contributed by atoms with Crippen molar-refractivity contribution in [1.29, 1.82) is 0 Å². The highest BCUT2D eigenvalue weighted by atomic mass is 16.5. The van der Waals surface area contributed by atoms with Gasteiger partial charge >= 0.3 is 0 Å². The molecule has 0 bridgehead atoms. The van der Waals surface area contributed by atoms with E-state index in [1.165, 1.54) is 5.56 Å². The third-order valence-electron chi connectivity index (χ3n) is 4.64. The molecule has 1 fully saturated rings. The Hall–Kier alpha value is -2.05. The largest absolute Gasteiger partial charge is 0.490 e. The van der Waals surface area contributed by atoms with Gasteiger partial charge in [-0.2, -0.15) is 5.10 Å². The van der Waals surface area contributed by atoms with Gasteiger partial charge in [0.15, 0.2) is 0 Å². The molecule has 1 aromatic heterocycles. The first-order chi connectivity index (χ1) is 12.2. The summed E-state index contributed by atoms with van der Waals surface area (Å²) in [5, 5.41) is 7.78. The van der Waals surface area contributed by atoms with Gasteiger partial charge in [-0.15, -0.1) is 0 Å². The van der Waals surface area contributed by atoms with E-state index in [9.17, 15) is 0 Å². The fourth-order valence-corrected chi connectivity index (χ4v) is 2.96. The fourth-order valence-electron chi connectivity index (χ4n) is 2.96. The van der Waals surface area contributed by atoms with E-state index in [2.05, 4.69) is 46.4 Å². The van der Waals surface area contributed by atoms with Crippen molar-refractivity contribution in [3.8, 4) is 5.75 Å². The van der Waals surface area contributed by atoms with Gasteiger partial charge in [0.2, 0.25) is 0 Å². The van der Waals surface area contributed by atoms with Crippen LogP contribution in [0.4, 0.5) is 5.69 Å². The lowest BCUT2D eigenvalue weighted by Crippen LogP contribution is -2.45. The highest BCUT2D eigenvalue weighted by Gasteiger charge is 2.13. The van der Waals surface area contributed by atoms with Crippen LogP contribution in [-0.2, 0) is 13.1 Å². The molecule has 6 heteroatoms. The summed E-state index contributed by atoms with van der Waals surface area (Å²) in [6.07, 6.45) is 3.98. The molecular weight excluding hydrogens is 314 g/mol. The van der Waals surface area contributed by atoms with Crippen LogP contribution in [-0.4, -0.2) is 66.0 Å². The first-order valence-corrected chi connectivity index (χ1v) is 9.12. The lowest BCUT2D eigenvalue weighted by molar-refractivity contribution is 0.134. The van der Waals surface area contributed by atoms with Crippen molar-refractivity contribution >= 4 is 5.69 Å². The standard InChI is InChI=1S/C19H29N5O/c1-3-24-16-17(15-21-24)14-20-18-6-4-5-7-19(18)25-13-12-23-10-8-22(2)9-11-23/h4-7,15-16,20H,3,8-14H2,1-2H3. The Morgan fingerprint density at radius 1 is 1.16 bits per heavy atom. The number of para-hydroxylation sites is 2. The summed E-state index contributed by atoms with van der Waals surface area (Å²) < 4.78 is 7.98. The van der Waals surface area contributed by atoms with Crippen LogP contribution in [0.3, 0.4) is 0 Å². The predicted octanol–water partition coefficient (Wildman–Crippen LogP) is 2.14. The van der Waals surface area contributed by atoms with Crippen molar-refractivity contribution in [1.82, 2.24) is 19.6 Å². The van der Waals surface area contributed by atoms with Crippen LogP contribution in [0.25, 0.3) is 0 Å². The number of benzene rings is 1. The predicted molar refractivity (Wildman–Crippen MR) is 101 cm³/mol. The van der Waals surface area contributed by atoms with Crippen LogP contribution in [0.15, 0.2) is 36.7 Å². The monoisotopic (exact) mass is 343 g/mol. The summed E-state index contributed by atoms with van der Waals surface area (Å²) in [7, 11) is 2.18. The molecule has 1 aromatic carbocycles. The summed E-state index contributed by atoms with van der Waals surface area (Å²) in [5.41, 5.74) is 2.21. The maximum atomic E-state index is 6.04. The Balaban J connectivity index is 1.48. The molecule has 0 saturated carbocycles. The first-order valence-electron chi connectivity index (χ1n) is 9.12. The number of piperazine rings is 1. The number of rotatable bonds is 8. The van der Waals surface area contributed by atoms with Gasteiger partial charge in [0, 0.05) is 57.6 Å². The molecule has 25 heavy (non-hydrogen) atoms.